The van der Waals surface area contributed by atoms with E-state index in [1.54, 1.807) is 24.5 Å². The summed E-state index contributed by atoms with van der Waals surface area (Å²) < 4.78 is 2.45. The van der Waals surface area contributed by atoms with Crippen molar-refractivity contribution in [3.05, 3.63) is 57.0 Å². The number of amides is 1. The number of anilines is 2. The summed E-state index contributed by atoms with van der Waals surface area (Å²) in [5.74, 6) is -0.389. The Morgan fingerprint density at radius 1 is 1.15 bits per heavy atom. The fraction of sp³-hybridized carbons (Fsp3) is 0.368. The van der Waals surface area contributed by atoms with E-state index >= 15 is 0 Å². The Morgan fingerprint density at radius 2 is 1.78 bits per heavy atom. The van der Waals surface area contributed by atoms with Crippen LogP contribution in [0.3, 0.4) is 0 Å². The average Bonchev–Trinajstić information content (AvgIpc) is 2.67. The molecule has 0 radical (unpaired) electrons. The first-order chi connectivity index (χ1) is 13.0. The molecule has 0 atom stereocenters. The SMILES string of the molecule is CCCn1c(N)c(NC(=O)C/C=C/c2ccncc2)c(=O)n(CCC)c1=O. The number of nitrogens with two attached hydrogens (primary N) is 1. The van der Waals surface area contributed by atoms with Gasteiger partial charge in [-0.15, -0.1) is 0 Å². The highest BCUT2D eigenvalue weighted by Crippen LogP contribution is 2.12. The number of aromatic nitrogens is 3. The number of pyridine rings is 1. The van der Waals surface area contributed by atoms with Crippen molar-refractivity contribution in [3.8, 4) is 0 Å². The Labute approximate surface area is 157 Å². The summed E-state index contributed by atoms with van der Waals surface area (Å²) in [5, 5.41) is 2.57. The molecule has 0 fully saturated rings. The van der Waals surface area contributed by atoms with Gasteiger partial charge in [0.05, 0.1) is 0 Å². The van der Waals surface area contributed by atoms with Crippen molar-refractivity contribution < 1.29 is 4.79 Å². The number of carbonyl (C=O) groups excluding carboxylic acids is 1. The van der Waals surface area contributed by atoms with E-state index in [-0.39, 0.29) is 30.4 Å². The van der Waals surface area contributed by atoms with Crippen LogP contribution >= 0.6 is 0 Å². The highest BCUT2D eigenvalue weighted by Gasteiger charge is 2.18. The molecule has 8 nitrogen and oxygen atoms in total. The smallest absolute Gasteiger partial charge is 0.332 e. The summed E-state index contributed by atoms with van der Waals surface area (Å²) in [5.41, 5.74) is 5.87. The van der Waals surface area contributed by atoms with E-state index in [1.165, 1.54) is 4.57 Å². The zero-order valence-electron chi connectivity index (χ0n) is 15.6. The Kier molecular flexibility index (Phi) is 7.10. The largest absolute Gasteiger partial charge is 0.383 e. The van der Waals surface area contributed by atoms with Crippen LogP contribution in [0.15, 0.2) is 40.2 Å². The van der Waals surface area contributed by atoms with Crippen LogP contribution in [0, 0.1) is 0 Å². The molecular weight excluding hydrogens is 346 g/mol. The summed E-state index contributed by atoms with van der Waals surface area (Å²) in [6, 6.07) is 3.63. The van der Waals surface area contributed by atoms with E-state index in [2.05, 4.69) is 10.3 Å². The minimum absolute atomic E-state index is 0.00864. The van der Waals surface area contributed by atoms with Crippen LogP contribution < -0.4 is 22.3 Å². The molecule has 0 unspecified atom stereocenters. The molecule has 2 rings (SSSR count). The maximum atomic E-state index is 12.6. The zero-order valence-corrected chi connectivity index (χ0v) is 15.6. The molecule has 0 aromatic carbocycles. The molecule has 0 spiro atoms. The minimum Gasteiger partial charge on any atom is -0.383 e. The quantitative estimate of drug-likeness (QED) is 0.735. The summed E-state index contributed by atoms with van der Waals surface area (Å²) in [4.78, 5) is 41.3. The molecule has 0 aliphatic rings. The van der Waals surface area contributed by atoms with Crippen molar-refractivity contribution in [2.45, 2.75) is 46.2 Å². The van der Waals surface area contributed by atoms with Crippen LogP contribution in [0.5, 0.6) is 0 Å². The topological polar surface area (TPSA) is 112 Å². The van der Waals surface area contributed by atoms with Crippen LogP contribution in [0.1, 0.15) is 38.7 Å². The van der Waals surface area contributed by atoms with Gasteiger partial charge in [-0.2, -0.15) is 0 Å². The van der Waals surface area contributed by atoms with Crippen LogP contribution in [0.2, 0.25) is 0 Å². The molecule has 3 N–H and O–H groups in total. The lowest BCUT2D eigenvalue weighted by atomic mass is 10.2. The molecule has 144 valence electrons. The van der Waals surface area contributed by atoms with Crippen molar-refractivity contribution in [2.24, 2.45) is 0 Å². The number of rotatable bonds is 8. The molecule has 0 aliphatic heterocycles. The molecule has 1 amide bonds. The molecule has 2 aromatic heterocycles. The van der Waals surface area contributed by atoms with E-state index < -0.39 is 11.2 Å². The lowest BCUT2D eigenvalue weighted by Gasteiger charge is -2.16. The monoisotopic (exact) mass is 371 g/mol. The third kappa shape index (κ3) is 4.93. The molecule has 8 heteroatoms. The van der Waals surface area contributed by atoms with Gasteiger partial charge >= 0.3 is 5.69 Å². The highest BCUT2D eigenvalue weighted by atomic mass is 16.2. The van der Waals surface area contributed by atoms with Gasteiger partial charge in [-0.05, 0) is 30.5 Å². The van der Waals surface area contributed by atoms with Crippen LogP contribution in [0.25, 0.3) is 6.08 Å². The van der Waals surface area contributed by atoms with Gasteiger partial charge < -0.3 is 11.1 Å². The molecule has 0 saturated carbocycles. The third-order valence-corrected chi connectivity index (χ3v) is 3.95. The summed E-state index contributed by atoms with van der Waals surface area (Å²) in [7, 11) is 0. The highest BCUT2D eigenvalue weighted by molar-refractivity contribution is 5.94. The molecule has 0 saturated heterocycles. The van der Waals surface area contributed by atoms with E-state index in [0.29, 0.717) is 19.4 Å². The van der Waals surface area contributed by atoms with Crippen LogP contribution in [-0.4, -0.2) is 20.0 Å². The maximum absolute atomic E-state index is 12.6. The van der Waals surface area contributed by atoms with Gasteiger partial charge in [0.1, 0.15) is 11.5 Å². The molecule has 2 aromatic rings. The van der Waals surface area contributed by atoms with E-state index in [9.17, 15) is 14.4 Å². The Balaban J connectivity index is 2.26. The van der Waals surface area contributed by atoms with Crippen LogP contribution in [0.4, 0.5) is 11.5 Å². The molecule has 27 heavy (non-hydrogen) atoms. The minimum atomic E-state index is -0.571. The Hall–Kier alpha value is -3.16. The average molecular weight is 371 g/mol. The second kappa shape index (κ2) is 9.51. The lowest BCUT2D eigenvalue weighted by Crippen LogP contribution is -2.42. The van der Waals surface area contributed by atoms with Crippen molar-refractivity contribution in [3.63, 3.8) is 0 Å². The van der Waals surface area contributed by atoms with E-state index in [1.807, 2.05) is 26.0 Å². The van der Waals surface area contributed by atoms with Gasteiger partial charge in [0, 0.05) is 31.9 Å². The second-order valence-corrected chi connectivity index (χ2v) is 6.09. The summed E-state index contributed by atoms with van der Waals surface area (Å²) >= 11 is 0. The number of hydrogen-bond acceptors (Lipinski definition) is 5. The molecule has 0 aliphatic carbocycles. The Morgan fingerprint density at radius 3 is 2.41 bits per heavy atom. The lowest BCUT2D eigenvalue weighted by molar-refractivity contribution is -0.115. The number of hydrogen-bond donors (Lipinski definition) is 2. The number of nitrogen functional groups attached to an aromatic ring is 1. The third-order valence-electron chi connectivity index (χ3n) is 3.95. The summed E-state index contributed by atoms with van der Waals surface area (Å²) in [6.07, 6.45) is 8.16. The number of carbonyl (C=O) groups is 1. The molecule has 0 bridgehead atoms. The second-order valence-electron chi connectivity index (χ2n) is 6.09. The Bertz CT molecular complexity index is 929. The van der Waals surface area contributed by atoms with Gasteiger partial charge in [0.25, 0.3) is 5.56 Å². The van der Waals surface area contributed by atoms with Crippen molar-refractivity contribution in [1.82, 2.24) is 14.1 Å². The first-order valence-corrected chi connectivity index (χ1v) is 8.99. The first-order valence-electron chi connectivity index (χ1n) is 8.99. The zero-order chi connectivity index (χ0) is 19.8. The van der Waals surface area contributed by atoms with E-state index in [4.69, 9.17) is 5.73 Å². The van der Waals surface area contributed by atoms with Gasteiger partial charge in [-0.25, -0.2) is 4.79 Å². The first kappa shape index (κ1) is 20.2. The molecule has 2 heterocycles. The van der Waals surface area contributed by atoms with Gasteiger partial charge in [0.2, 0.25) is 5.91 Å². The standard InChI is InChI=1S/C19H25N5O3/c1-3-12-23-17(20)16(18(26)24(13-4-2)19(23)27)22-15(25)7-5-6-14-8-10-21-11-9-14/h5-6,8-11H,3-4,7,12-13,20H2,1-2H3,(H,22,25)/b6-5+. The fourth-order valence-electron chi connectivity index (χ4n) is 2.66. The predicted octanol–water partition coefficient (Wildman–Crippen LogP) is 1.85. The van der Waals surface area contributed by atoms with Crippen molar-refractivity contribution in [1.29, 1.82) is 0 Å². The number of nitrogens with one attached hydrogen (secondary N) is 1. The van der Waals surface area contributed by atoms with Gasteiger partial charge in [0.15, 0.2) is 0 Å². The normalized spacial score (nSPS) is 11.0. The van der Waals surface area contributed by atoms with Crippen LogP contribution in [-0.2, 0) is 17.9 Å². The number of nitrogens with zero attached hydrogens (tertiary/aromatic N) is 3. The summed E-state index contributed by atoms with van der Waals surface area (Å²) in [6.45, 7) is 4.42. The van der Waals surface area contributed by atoms with Crippen molar-refractivity contribution >= 4 is 23.5 Å². The fourth-order valence-corrected chi connectivity index (χ4v) is 2.66. The van der Waals surface area contributed by atoms with E-state index in [0.717, 1.165) is 10.1 Å². The van der Waals surface area contributed by atoms with Crippen molar-refractivity contribution in [2.75, 3.05) is 11.1 Å². The van der Waals surface area contributed by atoms with Gasteiger partial charge in [-0.3, -0.25) is 23.7 Å². The maximum Gasteiger partial charge on any atom is 0.332 e. The molecular formula is C19H25N5O3. The van der Waals surface area contributed by atoms with Gasteiger partial charge in [-0.1, -0.05) is 26.0 Å². The predicted molar refractivity (Wildman–Crippen MR) is 106 cm³/mol.